The van der Waals surface area contributed by atoms with Crippen molar-refractivity contribution in [2.24, 2.45) is 5.92 Å². The predicted molar refractivity (Wildman–Crippen MR) is 92.6 cm³/mol. The fourth-order valence-corrected chi connectivity index (χ4v) is 4.76. The largest absolute Gasteiger partial charge is 0.347 e. The number of amides is 1. The van der Waals surface area contributed by atoms with Crippen LogP contribution in [0.15, 0.2) is 36.5 Å². The van der Waals surface area contributed by atoms with Crippen LogP contribution in [0.5, 0.6) is 0 Å². The van der Waals surface area contributed by atoms with Gasteiger partial charge in [-0.2, -0.15) is 0 Å². The van der Waals surface area contributed by atoms with Crippen LogP contribution in [0.1, 0.15) is 29.4 Å². The second-order valence-corrected chi connectivity index (χ2v) is 7.58. The number of nitrogens with one attached hydrogen (secondary N) is 1. The van der Waals surface area contributed by atoms with Crippen LogP contribution in [0.2, 0.25) is 0 Å². The molecule has 0 saturated carbocycles. The van der Waals surface area contributed by atoms with Crippen LogP contribution in [0.3, 0.4) is 0 Å². The summed E-state index contributed by atoms with van der Waals surface area (Å²) in [7, 11) is 0. The third-order valence-corrected chi connectivity index (χ3v) is 6.33. The van der Waals surface area contributed by atoms with Crippen molar-refractivity contribution < 1.29 is 4.79 Å². The molecule has 2 aromatic rings. The molecule has 3 aliphatic heterocycles. The molecule has 3 saturated heterocycles. The third kappa shape index (κ3) is 2.79. The van der Waals surface area contributed by atoms with E-state index >= 15 is 0 Å². The lowest BCUT2D eigenvalue weighted by molar-refractivity contribution is 0.0218. The van der Waals surface area contributed by atoms with Gasteiger partial charge < -0.3 is 5.32 Å². The lowest BCUT2D eigenvalue weighted by Gasteiger charge is -2.49. The summed E-state index contributed by atoms with van der Waals surface area (Å²) < 4.78 is 0. The number of fused-ring (bicyclic) bond motifs is 3. The highest BCUT2D eigenvalue weighted by Gasteiger charge is 2.40. The standard InChI is InChI=1S/C18H21N3OS/c1-12-17(13-7-10-21(12)11-8-13)20-18(22)16-6-5-15(23-16)14-4-2-3-9-19-14/h2-6,9,12-13,17H,7-8,10-11H2,1H3,(H,20,22)/t12-,17-/m0/s1. The van der Waals surface area contributed by atoms with E-state index in [1.165, 1.54) is 37.3 Å². The first-order chi connectivity index (χ1) is 11.2. The van der Waals surface area contributed by atoms with Crippen LogP contribution in [0, 0.1) is 5.92 Å². The van der Waals surface area contributed by atoms with Crippen molar-refractivity contribution in [1.29, 1.82) is 0 Å². The summed E-state index contributed by atoms with van der Waals surface area (Å²) in [6, 6.07) is 10.5. The lowest BCUT2D eigenvalue weighted by Crippen LogP contribution is -2.62. The molecule has 23 heavy (non-hydrogen) atoms. The molecule has 3 fully saturated rings. The van der Waals surface area contributed by atoms with Gasteiger partial charge in [0.05, 0.1) is 15.4 Å². The van der Waals surface area contributed by atoms with E-state index in [4.69, 9.17) is 0 Å². The number of hydrogen-bond acceptors (Lipinski definition) is 4. The van der Waals surface area contributed by atoms with Gasteiger partial charge in [-0.05, 0) is 63.0 Å². The van der Waals surface area contributed by atoms with E-state index in [0.29, 0.717) is 12.0 Å². The van der Waals surface area contributed by atoms with Gasteiger partial charge in [0.25, 0.3) is 5.91 Å². The second kappa shape index (κ2) is 6.06. The van der Waals surface area contributed by atoms with Crippen molar-refractivity contribution in [2.75, 3.05) is 13.1 Å². The highest BCUT2D eigenvalue weighted by molar-refractivity contribution is 7.17. The maximum Gasteiger partial charge on any atom is 0.261 e. The Morgan fingerprint density at radius 2 is 2.09 bits per heavy atom. The quantitative estimate of drug-likeness (QED) is 0.942. The summed E-state index contributed by atoms with van der Waals surface area (Å²) in [5.41, 5.74) is 0.924. The highest BCUT2D eigenvalue weighted by atomic mass is 32.1. The van der Waals surface area contributed by atoms with Gasteiger partial charge in [-0.3, -0.25) is 14.7 Å². The molecule has 1 amide bonds. The van der Waals surface area contributed by atoms with Crippen LogP contribution < -0.4 is 5.32 Å². The average Bonchev–Trinajstić information content (AvgIpc) is 3.09. The van der Waals surface area contributed by atoms with Crippen molar-refractivity contribution in [3.63, 3.8) is 0 Å². The van der Waals surface area contributed by atoms with E-state index in [0.717, 1.165) is 15.4 Å². The van der Waals surface area contributed by atoms with Gasteiger partial charge in [-0.25, -0.2) is 0 Å². The van der Waals surface area contributed by atoms with E-state index in [-0.39, 0.29) is 11.9 Å². The maximum absolute atomic E-state index is 12.6. The zero-order valence-corrected chi connectivity index (χ0v) is 14.1. The third-order valence-electron chi connectivity index (χ3n) is 5.22. The minimum Gasteiger partial charge on any atom is -0.347 e. The van der Waals surface area contributed by atoms with Gasteiger partial charge in [0.2, 0.25) is 0 Å². The van der Waals surface area contributed by atoms with Crippen LogP contribution in [-0.4, -0.2) is 41.0 Å². The summed E-state index contributed by atoms with van der Waals surface area (Å²) >= 11 is 1.52. The van der Waals surface area contributed by atoms with Gasteiger partial charge in [0.15, 0.2) is 0 Å². The Kier molecular flexibility index (Phi) is 3.91. The number of hydrogen-bond donors (Lipinski definition) is 1. The Hall–Kier alpha value is -1.72. The fourth-order valence-electron chi connectivity index (χ4n) is 3.87. The topological polar surface area (TPSA) is 45.2 Å². The highest BCUT2D eigenvalue weighted by Crippen LogP contribution is 2.33. The normalized spacial score (nSPS) is 29.4. The molecule has 0 spiro atoms. The summed E-state index contributed by atoms with van der Waals surface area (Å²) in [5.74, 6) is 0.692. The molecule has 5 heterocycles. The number of piperidine rings is 3. The number of pyridine rings is 1. The molecule has 2 bridgehead atoms. The summed E-state index contributed by atoms with van der Waals surface area (Å²) in [5, 5.41) is 3.29. The first kappa shape index (κ1) is 14.8. The van der Waals surface area contributed by atoms with Gasteiger partial charge in [-0.1, -0.05) is 6.07 Å². The van der Waals surface area contributed by atoms with Crippen LogP contribution in [0.4, 0.5) is 0 Å². The molecular weight excluding hydrogens is 306 g/mol. The molecule has 5 heteroatoms. The maximum atomic E-state index is 12.6. The molecule has 4 nitrogen and oxygen atoms in total. The van der Waals surface area contributed by atoms with Gasteiger partial charge in [0, 0.05) is 18.3 Å². The van der Waals surface area contributed by atoms with Crippen molar-refractivity contribution in [2.45, 2.75) is 31.8 Å². The SMILES string of the molecule is C[C@H]1[C@H](NC(=O)c2ccc(-c3ccccn3)s2)C2CCN1CC2. The first-order valence-corrected chi connectivity index (χ1v) is 9.10. The fraction of sp³-hybridized carbons (Fsp3) is 0.444. The minimum atomic E-state index is 0.0581. The van der Waals surface area contributed by atoms with Crippen molar-refractivity contribution in [3.05, 3.63) is 41.4 Å². The predicted octanol–water partition coefficient (Wildman–Crippen LogP) is 3.02. The number of nitrogens with zero attached hydrogens (tertiary/aromatic N) is 2. The van der Waals surface area contributed by atoms with E-state index in [1.54, 1.807) is 6.20 Å². The zero-order valence-electron chi connectivity index (χ0n) is 13.2. The van der Waals surface area contributed by atoms with Crippen LogP contribution in [0.25, 0.3) is 10.6 Å². The molecule has 3 aliphatic rings. The molecule has 0 radical (unpaired) electrons. The van der Waals surface area contributed by atoms with Gasteiger partial charge in [0.1, 0.15) is 0 Å². The van der Waals surface area contributed by atoms with E-state index in [9.17, 15) is 4.79 Å². The number of carbonyl (C=O) groups is 1. The molecule has 0 unspecified atom stereocenters. The Balaban J connectivity index is 1.49. The van der Waals surface area contributed by atoms with Crippen LogP contribution >= 0.6 is 11.3 Å². The Morgan fingerprint density at radius 1 is 1.26 bits per heavy atom. The molecule has 5 rings (SSSR count). The summed E-state index contributed by atoms with van der Waals surface area (Å²) in [6.45, 7) is 4.60. The molecule has 2 atom stereocenters. The summed E-state index contributed by atoms with van der Waals surface area (Å²) in [4.78, 5) is 21.3. The van der Waals surface area contributed by atoms with Crippen molar-refractivity contribution in [1.82, 2.24) is 15.2 Å². The van der Waals surface area contributed by atoms with Crippen molar-refractivity contribution >= 4 is 17.2 Å². The Bertz CT molecular complexity index is 689. The van der Waals surface area contributed by atoms with Crippen LogP contribution in [-0.2, 0) is 0 Å². The number of aromatic nitrogens is 1. The minimum absolute atomic E-state index is 0.0581. The monoisotopic (exact) mass is 327 g/mol. The van der Waals surface area contributed by atoms with E-state index in [1.807, 2.05) is 30.3 Å². The van der Waals surface area contributed by atoms with Gasteiger partial charge >= 0.3 is 0 Å². The smallest absolute Gasteiger partial charge is 0.261 e. The molecule has 120 valence electrons. The van der Waals surface area contributed by atoms with Crippen molar-refractivity contribution in [3.8, 4) is 10.6 Å². The molecule has 0 aromatic carbocycles. The number of carbonyl (C=O) groups excluding carboxylic acids is 1. The lowest BCUT2D eigenvalue weighted by atomic mass is 9.79. The Morgan fingerprint density at radius 3 is 2.78 bits per heavy atom. The average molecular weight is 327 g/mol. The molecule has 2 aromatic heterocycles. The molecule has 0 aliphatic carbocycles. The number of thiophene rings is 1. The second-order valence-electron chi connectivity index (χ2n) is 6.49. The summed E-state index contributed by atoms with van der Waals surface area (Å²) in [6.07, 6.45) is 4.20. The number of rotatable bonds is 3. The Labute approximate surface area is 140 Å². The first-order valence-electron chi connectivity index (χ1n) is 8.28. The molecule has 1 N–H and O–H groups in total. The molecular formula is C18H21N3OS. The zero-order chi connectivity index (χ0) is 15.8. The van der Waals surface area contributed by atoms with E-state index < -0.39 is 0 Å². The van der Waals surface area contributed by atoms with Gasteiger partial charge in [-0.15, -0.1) is 11.3 Å². The van der Waals surface area contributed by atoms with E-state index in [2.05, 4.69) is 22.1 Å².